The molecular formula is C24H27F3N4O2. The first-order chi connectivity index (χ1) is 15.7. The van der Waals surface area contributed by atoms with Gasteiger partial charge in [-0.1, -0.05) is 18.2 Å². The van der Waals surface area contributed by atoms with Gasteiger partial charge in [0.05, 0.1) is 22.9 Å². The van der Waals surface area contributed by atoms with Crippen molar-refractivity contribution in [2.45, 2.75) is 44.3 Å². The molecule has 0 radical (unpaired) electrons. The monoisotopic (exact) mass is 460 g/mol. The van der Waals surface area contributed by atoms with Crippen molar-refractivity contribution in [3.05, 3.63) is 63.3 Å². The van der Waals surface area contributed by atoms with E-state index in [0.717, 1.165) is 32.0 Å². The van der Waals surface area contributed by atoms with Gasteiger partial charge in [-0.2, -0.15) is 0 Å². The van der Waals surface area contributed by atoms with Crippen molar-refractivity contribution < 1.29 is 18.0 Å². The number of carbonyl (C=O) groups is 1. The van der Waals surface area contributed by atoms with Crippen molar-refractivity contribution in [1.82, 2.24) is 14.8 Å². The van der Waals surface area contributed by atoms with E-state index in [2.05, 4.69) is 22.6 Å². The summed E-state index contributed by atoms with van der Waals surface area (Å²) < 4.78 is 42.3. The van der Waals surface area contributed by atoms with Crippen molar-refractivity contribution in [3.63, 3.8) is 0 Å². The Morgan fingerprint density at radius 1 is 1.15 bits per heavy atom. The number of amides is 1. The molecule has 1 amide bonds. The van der Waals surface area contributed by atoms with Gasteiger partial charge in [0, 0.05) is 43.0 Å². The van der Waals surface area contributed by atoms with Crippen LogP contribution in [0.25, 0.3) is 0 Å². The molecule has 2 aliphatic carbocycles. The number of fused-ring (bicyclic) bond motifs is 1. The molecule has 1 aliphatic heterocycles. The van der Waals surface area contributed by atoms with Crippen molar-refractivity contribution >= 4 is 11.6 Å². The molecule has 176 valence electrons. The minimum Gasteiger partial charge on any atom is -0.381 e. The number of nitrogens with one attached hydrogen (secondary N) is 2. The summed E-state index contributed by atoms with van der Waals surface area (Å²) in [6.07, 6.45) is 0.396. The van der Waals surface area contributed by atoms with Crippen LogP contribution in [0.4, 0.5) is 18.9 Å². The van der Waals surface area contributed by atoms with E-state index in [4.69, 9.17) is 0 Å². The topological polar surface area (TPSA) is 66.4 Å². The fraction of sp³-hybridized carbons (Fsp3) is 0.500. The summed E-state index contributed by atoms with van der Waals surface area (Å²) in [5, 5.41) is 6.12. The van der Waals surface area contributed by atoms with Crippen LogP contribution in [-0.4, -0.2) is 41.6 Å². The average molecular weight is 461 g/mol. The number of aromatic nitrogens is 1. The Bertz CT molecular complexity index is 1140. The Hall–Kier alpha value is -2.81. The number of hydrogen-bond acceptors (Lipinski definition) is 4. The van der Waals surface area contributed by atoms with Gasteiger partial charge < -0.3 is 20.1 Å². The van der Waals surface area contributed by atoms with E-state index in [1.807, 2.05) is 0 Å². The smallest absolute Gasteiger partial charge is 0.266 e. The number of piperidine rings is 1. The van der Waals surface area contributed by atoms with Crippen molar-refractivity contribution in [3.8, 4) is 0 Å². The lowest BCUT2D eigenvalue weighted by molar-refractivity contribution is 0.0939. The molecule has 2 heterocycles. The van der Waals surface area contributed by atoms with Crippen molar-refractivity contribution in [2.75, 3.05) is 25.5 Å². The molecule has 0 spiro atoms. The standard InChI is InChI=1S/C24H27F3N4O2/c1-12(14-4-3-5-15(21(14)25)23(26)27)28-24(33)18-11-31(13-6-7-13)20(32)8-19(18)29-22-16-9-30(2)10-17(16)22/h3-5,8,11-13,16-17,22-23,29H,6-7,9-10H2,1-2H3,(H,28,33)/t12-,16-,17+,22?/m1/s1. The SMILES string of the molecule is C[C@@H](NC(=O)c1cn(C2CC2)c(=O)cc1NC1[C@H]2CN(C)C[C@@H]12)c1cccc(C(F)F)c1F. The van der Waals surface area contributed by atoms with Crippen LogP contribution in [0.5, 0.6) is 0 Å². The molecule has 1 aromatic heterocycles. The van der Waals surface area contributed by atoms with E-state index in [1.165, 1.54) is 18.2 Å². The number of rotatable bonds is 7. The first kappa shape index (κ1) is 22.0. The van der Waals surface area contributed by atoms with Gasteiger partial charge in [-0.15, -0.1) is 0 Å². The Kier molecular flexibility index (Phi) is 5.47. The maximum Gasteiger partial charge on any atom is 0.266 e. The van der Waals surface area contributed by atoms with Gasteiger partial charge in [0.15, 0.2) is 0 Å². The van der Waals surface area contributed by atoms with E-state index >= 15 is 0 Å². The number of pyridine rings is 1. The van der Waals surface area contributed by atoms with Gasteiger partial charge in [0.2, 0.25) is 0 Å². The highest BCUT2D eigenvalue weighted by Gasteiger charge is 2.55. The van der Waals surface area contributed by atoms with E-state index in [0.29, 0.717) is 23.1 Å². The summed E-state index contributed by atoms with van der Waals surface area (Å²) in [7, 11) is 2.07. The number of anilines is 1. The Morgan fingerprint density at radius 2 is 1.82 bits per heavy atom. The number of halogens is 3. The normalized spacial score (nSPS) is 25.1. The highest BCUT2D eigenvalue weighted by atomic mass is 19.3. The van der Waals surface area contributed by atoms with Crippen molar-refractivity contribution in [1.29, 1.82) is 0 Å². The maximum atomic E-state index is 14.6. The summed E-state index contributed by atoms with van der Waals surface area (Å²) in [6, 6.07) is 4.71. The zero-order chi connectivity index (χ0) is 23.4. The zero-order valence-electron chi connectivity index (χ0n) is 18.5. The third kappa shape index (κ3) is 4.14. The van der Waals surface area contributed by atoms with Gasteiger partial charge in [-0.25, -0.2) is 13.2 Å². The highest BCUT2D eigenvalue weighted by Crippen LogP contribution is 2.47. The van der Waals surface area contributed by atoms with Gasteiger partial charge in [-0.3, -0.25) is 9.59 Å². The third-order valence-electron chi connectivity index (χ3n) is 7.07. The zero-order valence-corrected chi connectivity index (χ0v) is 18.5. The molecule has 4 atom stereocenters. The molecule has 5 rings (SSSR count). The molecule has 1 saturated heterocycles. The first-order valence-electron chi connectivity index (χ1n) is 11.3. The van der Waals surface area contributed by atoms with Gasteiger partial charge in [0.25, 0.3) is 17.9 Å². The number of carbonyl (C=O) groups excluding carboxylic acids is 1. The summed E-state index contributed by atoms with van der Waals surface area (Å²) in [5.41, 5.74) is -0.0971. The van der Waals surface area contributed by atoms with Crippen LogP contribution in [0.15, 0.2) is 35.3 Å². The number of hydrogen-bond donors (Lipinski definition) is 2. The van der Waals surface area contributed by atoms with E-state index in [1.54, 1.807) is 17.7 Å². The van der Waals surface area contributed by atoms with Gasteiger partial charge >= 0.3 is 0 Å². The predicted octanol–water partition coefficient (Wildman–Crippen LogP) is 3.72. The summed E-state index contributed by atoms with van der Waals surface area (Å²) >= 11 is 0. The molecule has 2 saturated carbocycles. The van der Waals surface area contributed by atoms with Crippen LogP contribution in [-0.2, 0) is 0 Å². The first-order valence-corrected chi connectivity index (χ1v) is 11.3. The molecule has 1 unspecified atom stereocenters. The number of nitrogens with zero attached hydrogens (tertiary/aromatic N) is 2. The summed E-state index contributed by atoms with van der Waals surface area (Å²) in [4.78, 5) is 28.1. The lowest BCUT2D eigenvalue weighted by Gasteiger charge is -2.20. The van der Waals surface area contributed by atoms with Crippen LogP contribution >= 0.6 is 0 Å². The largest absolute Gasteiger partial charge is 0.381 e. The number of benzene rings is 1. The molecule has 33 heavy (non-hydrogen) atoms. The van der Waals surface area contributed by atoms with E-state index in [9.17, 15) is 22.8 Å². The maximum absolute atomic E-state index is 14.6. The lowest BCUT2D eigenvalue weighted by Crippen LogP contribution is -2.31. The van der Waals surface area contributed by atoms with Gasteiger partial charge in [-0.05, 0) is 38.6 Å². The Labute approximate surface area is 189 Å². The molecule has 9 heteroatoms. The highest BCUT2D eigenvalue weighted by molar-refractivity contribution is 5.99. The van der Waals surface area contributed by atoms with Crippen LogP contribution in [0.1, 0.15) is 59.8 Å². The summed E-state index contributed by atoms with van der Waals surface area (Å²) in [6.45, 7) is 3.50. The fourth-order valence-electron chi connectivity index (χ4n) is 5.04. The third-order valence-corrected chi connectivity index (χ3v) is 7.07. The molecule has 1 aromatic carbocycles. The number of alkyl halides is 2. The molecule has 6 nitrogen and oxygen atoms in total. The minimum atomic E-state index is -2.94. The molecule has 3 fully saturated rings. The van der Waals surface area contributed by atoms with Crippen LogP contribution in [0, 0.1) is 17.7 Å². The van der Waals surface area contributed by atoms with Crippen LogP contribution < -0.4 is 16.2 Å². The van der Waals surface area contributed by atoms with Gasteiger partial charge in [0.1, 0.15) is 5.82 Å². The average Bonchev–Trinajstić information content (AvgIpc) is 3.66. The summed E-state index contributed by atoms with van der Waals surface area (Å²) in [5.74, 6) is -0.524. The van der Waals surface area contributed by atoms with Crippen LogP contribution in [0.2, 0.25) is 0 Å². The molecule has 0 bridgehead atoms. The molecule has 3 aliphatic rings. The lowest BCUT2D eigenvalue weighted by atomic mass is 10.0. The second-order valence-electron chi connectivity index (χ2n) is 9.54. The van der Waals surface area contributed by atoms with E-state index < -0.39 is 29.8 Å². The van der Waals surface area contributed by atoms with E-state index in [-0.39, 0.29) is 23.2 Å². The molecule has 2 N–H and O–H groups in total. The quantitative estimate of drug-likeness (QED) is 0.661. The molecular weight excluding hydrogens is 433 g/mol. The second kappa shape index (κ2) is 8.20. The van der Waals surface area contributed by atoms with Crippen LogP contribution in [0.3, 0.4) is 0 Å². The Morgan fingerprint density at radius 3 is 2.45 bits per heavy atom. The molecule has 2 aromatic rings. The Balaban J connectivity index is 1.40. The number of likely N-dealkylation sites (tertiary alicyclic amines) is 1. The minimum absolute atomic E-state index is 0.00839. The van der Waals surface area contributed by atoms with Crippen molar-refractivity contribution in [2.24, 2.45) is 11.8 Å². The predicted molar refractivity (Wildman–Crippen MR) is 118 cm³/mol. The second-order valence-corrected chi connectivity index (χ2v) is 9.54. The fourth-order valence-corrected chi connectivity index (χ4v) is 5.04.